The van der Waals surface area contributed by atoms with Crippen molar-refractivity contribution in [3.8, 4) is 28.7 Å². The van der Waals surface area contributed by atoms with Crippen LogP contribution in [0.25, 0.3) is 17.2 Å². The molecule has 0 radical (unpaired) electrons. The number of sulfonamides is 1. The maximum atomic E-state index is 13.0. The third-order valence-corrected chi connectivity index (χ3v) is 6.61. The van der Waals surface area contributed by atoms with Crippen molar-refractivity contribution < 1.29 is 23.0 Å². The first kappa shape index (κ1) is 24.5. The molecule has 2 heterocycles. The molecule has 4 rings (SSSR count). The van der Waals surface area contributed by atoms with Crippen LogP contribution in [0.4, 0.5) is 5.95 Å². The highest BCUT2D eigenvalue weighted by Gasteiger charge is 2.27. The Bertz CT molecular complexity index is 1410. The second kappa shape index (κ2) is 9.94. The maximum Gasteiger partial charge on any atom is 0.243 e. The molecule has 11 nitrogen and oxygen atoms in total. The molecule has 2 aromatic carbocycles. The molecular weight excluding hydrogens is 496 g/mol. The maximum absolute atomic E-state index is 13.0. The Hall–Kier alpha value is -3.61. The number of ether oxygens (including phenoxy) is 2. The second-order valence-electron chi connectivity index (χ2n) is 7.52. The lowest BCUT2D eigenvalue weighted by molar-refractivity contribution is 0.202. The number of para-hydroxylation sites is 1. The number of anilines is 1. The number of aliphatic hydroxyl groups excluding tert-OH is 1. The van der Waals surface area contributed by atoms with Gasteiger partial charge in [-0.1, -0.05) is 29.8 Å². The Balaban J connectivity index is 1.77. The van der Waals surface area contributed by atoms with Gasteiger partial charge < -0.3 is 14.6 Å². The van der Waals surface area contributed by atoms with Gasteiger partial charge in [0.25, 0.3) is 0 Å². The van der Waals surface area contributed by atoms with Gasteiger partial charge in [-0.3, -0.25) is 14.0 Å². The van der Waals surface area contributed by atoms with E-state index in [1.54, 1.807) is 66.5 Å². The Labute approximate surface area is 206 Å². The highest BCUT2D eigenvalue weighted by molar-refractivity contribution is 7.92. The Morgan fingerprint density at radius 1 is 1.06 bits per heavy atom. The SMILES string of the molecule is COc1cccc(OC)c1-n1c(NS(=O)(=O)C[C@H](O)c2ccc(Cl)cc2)nnc1-c1ccn(C)n1. The van der Waals surface area contributed by atoms with Crippen LogP contribution in [-0.4, -0.2) is 58.0 Å². The fraction of sp³-hybridized carbons (Fsp3) is 0.227. The second-order valence-corrected chi connectivity index (χ2v) is 9.72. The largest absolute Gasteiger partial charge is 0.494 e. The number of aliphatic hydroxyl groups is 1. The van der Waals surface area contributed by atoms with Gasteiger partial charge in [0, 0.05) is 18.3 Å². The number of aryl methyl sites for hydroxylation is 1. The molecule has 0 spiro atoms. The summed E-state index contributed by atoms with van der Waals surface area (Å²) < 4.78 is 42.6. The van der Waals surface area contributed by atoms with Crippen LogP contribution in [0.15, 0.2) is 54.7 Å². The molecule has 0 saturated carbocycles. The Morgan fingerprint density at radius 3 is 2.29 bits per heavy atom. The van der Waals surface area contributed by atoms with Crippen molar-refractivity contribution in [2.45, 2.75) is 6.10 Å². The summed E-state index contributed by atoms with van der Waals surface area (Å²) in [6, 6.07) is 13.1. The number of halogens is 1. The zero-order valence-electron chi connectivity index (χ0n) is 19.1. The predicted molar refractivity (Wildman–Crippen MR) is 130 cm³/mol. The first-order chi connectivity index (χ1) is 16.7. The molecule has 0 aliphatic heterocycles. The van der Waals surface area contributed by atoms with E-state index in [4.69, 9.17) is 21.1 Å². The fourth-order valence-electron chi connectivity index (χ4n) is 3.48. The predicted octanol–water partition coefficient (Wildman–Crippen LogP) is 2.81. The molecule has 0 aliphatic rings. The first-order valence-electron chi connectivity index (χ1n) is 10.3. The number of hydrogen-bond acceptors (Lipinski definition) is 8. The van der Waals surface area contributed by atoms with E-state index >= 15 is 0 Å². The van der Waals surface area contributed by atoms with Gasteiger partial charge in [0.2, 0.25) is 16.0 Å². The van der Waals surface area contributed by atoms with Crippen molar-refractivity contribution in [3.63, 3.8) is 0 Å². The molecule has 0 bridgehead atoms. The van der Waals surface area contributed by atoms with Crippen LogP contribution in [-0.2, 0) is 17.1 Å². The minimum absolute atomic E-state index is 0.128. The average molecular weight is 519 g/mol. The number of rotatable bonds is 9. The number of nitrogens with zero attached hydrogens (tertiary/aromatic N) is 5. The Morgan fingerprint density at radius 2 is 1.71 bits per heavy atom. The molecule has 0 saturated heterocycles. The van der Waals surface area contributed by atoms with Gasteiger partial charge in [0.05, 0.1) is 26.1 Å². The van der Waals surface area contributed by atoms with Gasteiger partial charge in [-0.2, -0.15) is 5.10 Å². The molecule has 1 atom stereocenters. The number of aromatic nitrogens is 5. The standard InChI is InChI=1S/C22H23ClN6O5S/c1-28-12-11-16(26-28)21-24-25-22(29(21)20-18(33-2)5-4-6-19(20)34-3)27-35(31,32)13-17(30)14-7-9-15(23)10-8-14/h4-12,17,30H,13H2,1-3H3,(H,25,27)/t17-/m0/s1. The topological polar surface area (TPSA) is 133 Å². The smallest absolute Gasteiger partial charge is 0.243 e. The monoisotopic (exact) mass is 518 g/mol. The van der Waals surface area contributed by atoms with E-state index in [9.17, 15) is 13.5 Å². The van der Waals surface area contributed by atoms with E-state index < -0.39 is 21.9 Å². The van der Waals surface area contributed by atoms with Crippen molar-refractivity contribution in [2.75, 3.05) is 24.7 Å². The van der Waals surface area contributed by atoms with Crippen LogP contribution < -0.4 is 14.2 Å². The summed E-state index contributed by atoms with van der Waals surface area (Å²) in [5.41, 5.74) is 1.22. The summed E-state index contributed by atoms with van der Waals surface area (Å²) in [6.07, 6.45) is 0.428. The van der Waals surface area contributed by atoms with Crippen molar-refractivity contribution in [3.05, 3.63) is 65.3 Å². The molecule has 184 valence electrons. The van der Waals surface area contributed by atoms with Gasteiger partial charge in [0.15, 0.2) is 5.82 Å². The van der Waals surface area contributed by atoms with E-state index in [0.29, 0.717) is 33.5 Å². The summed E-state index contributed by atoms with van der Waals surface area (Å²) in [6.45, 7) is 0. The Kier molecular flexibility index (Phi) is 6.96. The van der Waals surface area contributed by atoms with Crippen LogP contribution in [0.3, 0.4) is 0 Å². The van der Waals surface area contributed by atoms with E-state index in [1.165, 1.54) is 18.8 Å². The highest BCUT2D eigenvalue weighted by Crippen LogP contribution is 2.37. The lowest BCUT2D eigenvalue weighted by Gasteiger charge is -2.18. The van der Waals surface area contributed by atoms with Crippen LogP contribution >= 0.6 is 11.6 Å². The molecule has 0 unspecified atom stereocenters. The fourth-order valence-corrected chi connectivity index (χ4v) is 4.71. The molecule has 0 aliphatic carbocycles. The number of hydrogen-bond donors (Lipinski definition) is 2. The summed E-state index contributed by atoms with van der Waals surface area (Å²) in [4.78, 5) is 0. The third kappa shape index (κ3) is 5.24. The van der Waals surface area contributed by atoms with Crippen LogP contribution in [0.5, 0.6) is 11.5 Å². The van der Waals surface area contributed by atoms with E-state index in [-0.39, 0.29) is 11.8 Å². The molecule has 2 N–H and O–H groups in total. The molecule has 0 amide bonds. The van der Waals surface area contributed by atoms with Gasteiger partial charge in [-0.15, -0.1) is 10.2 Å². The molecule has 2 aromatic heterocycles. The van der Waals surface area contributed by atoms with Gasteiger partial charge in [0.1, 0.15) is 22.9 Å². The van der Waals surface area contributed by atoms with Crippen molar-refractivity contribution >= 4 is 27.6 Å². The number of benzene rings is 2. The minimum Gasteiger partial charge on any atom is -0.494 e. The minimum atomic E-state index is -4.09. The van der Waals surface area contributed by atoms with Crippen molar-refractivity contribution in [1.82, 2.24) is 24.5 Å². The van der Waals surface area contributed by atoms with Crippen LogP contribution in [0.1, 0.15) is 11.7 Å². The summed E-state index contributed by atoms with van der Waals surface area (Å²) in [7, 11) is 0.620. The molecule has 35 heavy (non-hydrogen) atoms. The lowest BCUT2D eigenvalue weighted by atomic mass is 10.1. The summed E-state index contributed by atoms with van der Waals surface area (Å²) in [5, 5.41) is 23.6. The van der Waals surface area contributed by atoms with Gasteiger partial charge in [-0.05, 0) is 35.9 Å². The van der Waals surface area contributed by atoms with Crippen LogP contribution in [0.2, 0.25) is 5.02 Å². The molecule has 13 heteroatoms. The van der Waals surface area contributed by atoms with Gasteiger partial charge >= 0.3 is 0 Å². The highest BCUT2D eigenvalue weighted by atomic mass is 35.5. The summed E-state index contributed by atoms with van der Waals surface area (Å²) >= 11 is 5.88. The van der Waals surface area contributed by atoms with Crippen LogP contribution in [0, 0.1) is 0 Å². The molecule has 4 aromatic rings. The van der Waals surface area contributed by atoms with Crippen molar-refractivity contribution in [2.24, 2.45) is 7.05 Å². The quantitative estimate of drug-likeness (QED) is 0.345. The number of methoxy groups -OCH3 is 2. The zero-order valence-corrected chi connectivity index (χ0v) is 20.7. The van der Waals surface area contributed by atoms with Crippen molar-refractivity contribution in [1.29, 1.82) is 0 Å². The van der Waals surface area contributed by atoms with E-state index in [2.05, 4.69) is 20.0 Å². The normalized spacial score (nSPS) is 12.4. The summed E-state index contributed by atoms with van der Waals surface area (Å²) in [5.74, 6) is 0.288. The number of nitrogens with one attached hydrogen (secondary N) is 1. The molecular formula is C22H23ClN6O5S. The van der Waals surface area contributed by atoms with Gasteiger partial charge in [-0.25, -0.2) is 8.42 Å². The average Bonchev–Trinajstić information content (AvgIpc) is 3.43. The van der Waals surface area contributed by atoms with E-state index in [0.717, 1.165) is 0 Å². The first-order valence-corrected chi connectivity index (χ1v) is 12.4. The molecule has 0 fully saturated rings. The zero-order chi connectivity index (χ0) is 25.2. The third-order valence-electron chi connectivity index (χ3n) is 5.11. The van der Waals surface area contributed by atoms with E-state index in [1.807, 2.05) is 0 Å². The lowest BCUT2D eigenvalue weighted by Crippen LogP contribution is -2.23.